The molecule has 6 heteroatoms. The molecule has 6 nitrogen and oxygen atoms in total. The Labute approximate surface area is 163 Å². The van der Waals surface area contributed by atoms with E-state index in [-0.39, 0.29) is 29.8 Å². The molecule has 0 radical (unpaired) electrons. The number of carbonyl (C=O) groups is 2. The fraction of sp³-hybridized carbons (Fsp3) is 0.905. The standard InChI is InChI=1S/C21H37N3O3/c1-14(2)16-6-8-18(9-7-16)27-13-20-19(22)5-4-10-24(20)21(26)17-11-23(12-17)15(3)25/h14,16-20H,4-13,22H2,1-3H3/t16?,18?,19-,20-/m0/s1. The highest BCUT2D eigenvalue weighted by Gasteiger charge is 2.41. The molecule has 0 spiro atoms. The fourth-order valence-electron chi connectivity index (χ4n) is 4.86. The second kappa shape index (κ2) is 8.91. The van der Waals surface area contributed by atoms with Crippen molar-refractivity contribution in [1.82, 2.24) is 9.80 Å². The Morgan fingerprint density at radius 1 is 1.11 bits per heavy atom. The van der Waals surface area contributed by atoms with E-state index in [4.69, 9.17) is 10.5 Å². The van der Waals surface area contributed by atoms with Gasteiger partial charge in [0.05, 0.1) is 24.7 Å². The van der Waals surface area contributed by atoms with E-state index in [2.05, 4.69) is 13.8 Å². The lowest BCUT2D eigenvalue weighted by atomic mass is 9.80. The van der Waals surface area contributed by atoms with E-state index in [0.29, 0.717) is 25.8 Å². The van der Waals surface area contributed by atoms with Crippen LogP contribution in [-0.4, -0.2) is 66.0 Å². The molecular formula is C21H37N3O3. The first-order valence-corrected chi connectivity index (χ1v) is 10.8. The highest BCUT2D eigenvalue weighted by Crippen LogP contribution is 2.32. The summed E-state index contributed by atoms with van der Waals surface area (Å²) in [6.07, 6.45) is 6.93. The van der Waals surface area contributed by atoms with E-state index in [1.54, 1.807) is 11.8 Å². The molecular weight excluding hydrogens is 342 g/mol. The molecule has 0 bridgehead atoms. The minimum absolute atomic E-state index is 0.0151. The highest BCUT2D eigenvalue weighted by atomic mass is 16.5. The Kier molecular flexibility index (Phi) is 6.79. The zero-order valence-electron chi connectivity index (χ0n) is 17.2. The van der Waals surface area contributed by atoms with Crippen LogP contribution >= 0.6 is 0 Å². The van der Waals surface area contributed by atoms with Crippen LogP contribution in [0.2, 0.25) is 0 Å². The second-order valence-electron chi connectivity index (χ2n) is 9.14. The Bertz CT molecular complexity index is 525. The summed E-state index contributed by atoms with van der Waals surface area (Å²) in [5, 5.41) is 0. The Hall–Kier alpha value is -1.14. The van der Waals surface area contributed by atoms with E-state index in [9.17, 15) is 9.59 Å². The zero-order chi connectivity index (χ0) is 19.6. The SMILES string of the molecule is CC(=O)N1CC(C(=O)N2CCC[C@H](N)[C@@H]2COC2CCC(C(C)C)CC2)C1. The maximum atomic E-state index is 13.0. The predicted molar refractivity (Wildman–Crippen MR) is 105 cm³/mol. The molecule has 1 aliphatic carbocycles. The van der Waals surface area contributed by atoms with Crippen LogP contribution in [0.5, 0.6) is 0 Å². The van der Waals surface area contributed by atoms with Crippen LogP contribution in [0.3, 0.4) is 0 Å². The van der Waals surface area contributed by atoms with Gasteiger partial charge in [-0.3, -0.25) is 9.59 Å². The van der Waals surface area contributed by atoms with Crippen molar-refractivity contribution < 1.29 is 14.3 Å². The lowest BCUT2D eigenvalue weighted by Crippen LogP contribution is -2.62. The maximum Gasteiger partial charge on any atom is 0.229 e. The topological polar surface area (TPSA) is 75.9 Å². The summed E-state index contributed by atoms with van der Waals surface area (Å²) in [5.74, 6) is 1.71. The van der Waals surface area contributed by atoms with Gasteiger partial charge in [-0.15, -0.1) is 0 Å². The Morgan fingerprint density at radius 2 is 1.78 bits per heavy atom. The third-order valence-electron chi connectivity index (χ3n) is 6.95. The molecule has 2 aliphatic heterocycles. The highest BCUT2D eigenvalue weighted by molar-refractivity contribution is 5.84. The van der Waals surface area contributed by atoms with Gasteiger partial charge in [0, 0.05) is 32.6 Å². The molecule has 3 rings (SSSR count). The second-order valence-corrected chi connectivity index (χ2v) is 9.14. The molecule has 0 unspecified atom stereocenters. The molecule has 2 heterocycles. The summed E-state index contributed by atoms with van der Waals surface area (Å²) in [4.78, 5) is 28.0. The molecule has 2 N–H and O–H groups in total. The van der Waals surface area contributed by atoms with Gasteiger partial charge in [0.25, 0.3) is 0 Å². The van der Waals surface area contributed by atoms with Crippen LogP contribution < -0.4 is 5.73 Å². The summed E-state index contributed by atoms with van der Waals surface area (Å²) < 4.78 is 6.25. The number of hydrogen-bond acceptors (Lipinski definition) is 4. The number of nitrogens with zero attached hydrogens (tertiary/aromatic N) is 2. The number of rotatable bonds is 5. The van der Waals surface area contributed by atoms with Crippen LogP contribution in [0.1, 0.15) is 59.3 Å². The first-order chi connectivity index (χ1) is 12.9. The molecule has 3 aliphatic rings. The van der Waals surface area contributed by atoms with Crippen LogP contribution in [0.15, 0.2) is 0 Å². The third-order valence-corrected chi connectivity index (χ3v) is 6.95. The molecule has 27 heavy (non-hydrogen) atoms. The van der Waals surface area contributed by atoms with Gasteiger partial charge in [-0.25, -0.2) is 0 Å². The van der Waals surface area contributed by atoms with Crippen LogP contribution in [-0.2, 0) is 14.3 Å². The fourth-order valence-corrected chi connectivity index (χ4v) is 4.86. The van der Waals surface area contributed by atoms with Crippen molar-refractivity contribution in [3.8, 4) is 0 Å². The molecule has 2 atom stereocenters. The van der Waals surface area contributed by atoms with Crippen molar-refractivity contribution in [2.45, 2.75) is 77.5 Å². The minimum atomic E-state index is -0.0665. The van der Waals surface area contributed by atoms with Crippen molar-refractivity contribution in [2.24, 2.45) is 23.5 Å². The number of hydrogen-bond donors (Lipinski definition) is 1. The Balaban J connectivity index is 1.51. The summed E-state index contributed by atoms with van der Waals surface area (Å²) >= 11 is 0. The van der Waals surface area contributed by atoms with Gasteiger partial charge in [0.15, 0.2) is 0 Å². The van der Waals surface area contributed by atoms with Gasteiger partial charge in [-0.05, 0) is 50.4 Å². The summed E-state index contributed by atoms with van der Waals surface area (Å²) in [6, 6.07) is -0.0425. The number of ether oxygens (including phenoxy) is 1. The minimum Gasteiger partial charge on any atom is -0.376 e. The molecule has 2 saturated heterocycles. The molecule has 0 aromatic carbocycles. The van der Waals surface area contributed by atoms with Gasteiger partial charge >= 0.3 is 0 Å². The summed E-state index contributed by atoms with van der Waals surface area (Å²) in [5.41, 5.74) is 6.38. The van der Waals surface area contributed by atoms with Crippen LogP contribution in [0.4, 0.5) is 0 Å². The molecule has 3 fully saturated rings. The number of piperidine rings is 1. The number of carbonyl (C=O) groups excluding carboxylic acids is 2. The van der Waals surface area contributed by atoms with Crippen molar-refractivity contribution in [3.05, 3.63) is 0 Å². The van der Waals surface area contributed by atoms with Gasteiger partial charge in [-0.2, -0.15) is 0 Å². The predicted octanol–water partition coefficient (Wildman–Crippen LogP) is 2.01. The van der Waals surface area contributed by atoms with Crippen molar-refractivity contribution in [2.75, 3.05) is 26.2 Å². The van der Waals surface area contributed by atoms with Gasteiger partial charge < -0.3 is 20.3 Å². The summed E-state index contributed by atoms with van der Waals surface area (Å²) in [7, 11) is 0. The largest absolute Gasteiger partial charge is 0.376 e. The molecule has 1 saturated carbocycles. The van der Waals surface area contributed by atoms with Gasteiger partial charge in [-0.1, -0.05) is 13.8 Å². The molecule has 154 valence electrons. The van der Waals surface area contributed by atoms with Crippen LogP contribution in [0, 0.1) is 17.8 Å². The first kappa shape index (κ1) is 20.6. The molecule has 0 aromatic heterocycles. The summed E-state index contributed by atoms with van der Waals surface area (Å²) in [6.45, 7) is 8.58. The molecule has 0 aromatic rings. The van der Waals surface area contributed by atoms with Crippen molar-refractivity contribution >= 4 is 11.8 Å². The monoisotopic (exact) mass is 379 g/mol. The third kappa shape index (κ3) is 4.83. The van der Waals surface area contributed by atoms with E-state index < -0.39 is 0 Å². The van der Waals surface area contributed by atoms with Crippen molar-refractivity contribution in [3.63, 3.8) is 0 Å². The normalized spacial score (nSPS) is 32.5. The van der Waals surface area contributed by atoms with Crippen molar-refractivity contribution in [1.29, 1.82) is 0 Å². The zero-order valence-corrected chi connectivity index (χ0v) is 17.2. The van der Waals surface area contributed by atoms with Gasteiger partial charge in [0.2, 0.25) is 11.8 Å². The lowest BCUT2D eigenvalue weighted by Gasteiger charge is -2.45. The smallest absolute Gasteiger partial charge is 0.229 e. The maximum absolute atomic E-state index is 13.0. The lowest BCUT2D eigenvalue weighted by molar-refractivity contribution is -0.152. The number of amides is 2. The number of nitrogens with two attached hydrogens (primary N) is 1. The van der Waals surface area contributed by atoms with E-state index in [1.807, 2.05) is 4.90 Å². The Morgan fingerprint density at radius 3 is 2.37 bits per heavy atom. The average molecular weight is 380 g/mol. The molecule has 2 amide bonds. The van der Waals surface area contributed by atoms with Gasteiger partial charge in [0.1, 0.15) is 0 Å². The quantitative estimate of drug-likeness (QED) is 0.793. The number of likely N-dealkylation sites (tertiary alicyclic amines) is 2. The average Bonchev–Trinajstić information content (AvgIpc) is 2.59. The van der Waals surface area contributed by atoms with Crippen LogP contribution in [0.25, 0.3) is 0 Å². The van der Waals surface area contributed by atoms with E-state index in [1.165, 1.54) is 12.8 Å². The van der Waals surface area contributed by atoms with E-state index >= 15 is 0 Å². The first-order valence-electron chi connectivity index (χ1n) is 10.8. The van der Waals surface area contributed by atoms with E-state index in [0.717, 1.165) is 44.1 Å².